The maximum absolute atomic E-state index is 15.9. The molecule has 2 rings (SSSR count). The van der Waals surface area contributed by atoms with Crippen LogP contribution in [-0.2, 0) is 90.8 Å². The van der Waals surface area contributed by atoms with Crippen LogP contribution in [0, 0.1) is 0 Å². The molecule has 0 aromatic heterocycles. The Balaban J connectivity index is 2.69. The first kappa shape index (κ1) is 85.4. The van der Waals surface area contributed by atoms with Gasteiger partial charge in [-0.3, -0.25) is 0 Å². The number of phosphoric acid groups is 6. The van der Waals surface area contributed by atoms with Crippen LogP contribution in [0.4, 0.5) is 0 Å². The molecular formula is C56H120O23P6Sn2. The molecule has 2 aliphatic heterocycles. The summed E-state index contributed by atoms with van der Waals surface area (Å²) in [6.45, 7) is 15.5. The quantitative estimate of drug-likeness (QED) is 0.0311. The van der Waals surface area contributed by atoms with Crippen LogP contribution in [-0.4, -0.2) is 92.9 Å². The molecule has 2 heterocycles. The molecule has 87 heavy (non-hydrogen) atoms. The fourth-order valence-electron chi connectivity index (χ4n) is 8.83. The second kappa shape index (κ2) is 50.6. The summed E-state index contributed by atoms with van der Waals surface area (Å²) in [5.41, 5.74) is 0. The predicted octanol–water partition coefficient (Wildman–Crippen LogP) is 22.6. The summed E-state index contributed by atoms with van der Waals surface area (Å²) in [5.74, 6) is 0. The number of rotatable bonds is 66. The van der Waals surface area contributed by atoms with E-state index in [-0.39, 0.29) is 52.9 Å². The van der Waals surface area contributed by atoms with E-state index < -0.39 is 87.0 Å². The summed E-state index contributed by atoms with van der Waals surface area (Å²) >= 11 is -12.6. The summed E-state index contributed by atoms with van der Waals surface area (Å²) in [7, 11) is -30.3. The van der Waals surface area contributed by atoms with Crippen LogP contribution in [0.2, 0.25) is 0 Å². The van der Waals surface area contributed by atoms with Gasteiger partial charge in [0, 0.05) is 0 Å². The van der Waals surface area contributed by atoms with Gasteiger partial charge in [-0.15, -0.1) is 0 Å². The van der Waals surface area contributed by atoms with E-state index >= 15 is 9.13 Å². The molecule has 23 nitrogen and oxygen atoms in total. The summed E-state index contributed by atoms with van der Waals surface area (Å²) < 4.78 is 189. The van der Waals surface area contributed by atoms with Crippen molar-refractivity contribution in [2.24, 2.45) is 0 Å². The van der Waals surface area contributed by atoms with E-state index in [2.05, 4.69) is 41.5 Å². The van der Waals surface area contributed by atoms with Gasteiger partial charge in [0.25, 0.3) is 0 Å². The zero-order valence-electron chi connectivity index (χ0n) is 55.0. The average Bonchev–Trinajstić information content (AvgIpc) is 0.781. The summed E-state index contributed by atoms with van der Waals surface area (Å²) in [4.78, 5) is 0. The van der Waals surface area contributed by atoms with Crippen molar-refractivity contribution in [2.45, 2.75) is 312 Å². The van der Waals surface area contributed by atoms with Gasteiger partial charge in [-0.1, -0.05) is 41.5 Å². The van der Waals surface area contributed by atoms with Crippen LogP contribution in [0.3, 0.4) is 0 Å². The summed E-state index contributed by atoms with van der Waals surface area (Å²) in [6.07, 6.45) is 33.4. The van der Waals surface area contributed by atoms with Gasteiger partial charge in [0.1, 0.15) is 0 Å². The van der Waals surface area contributed by atoms with E-state index in [0.717, 1.165) is 180 Å². The first-order valence-corrected chi connectivity index (χ1v) is 52.1. The maximum atomic E-state index is 15.9. The molecule has 0 aromatic rings. The molecule has 0 bridgehead atoms. The Labute approximate surface area is 539 Å². The zero-order valence-corrected chi connectivity index (χ0v) is 66.1. The van der Waals surface area contributed by atoms with E-state index in [1.807, 2.05) is 13.8 Å². The minimum atomic E-state index is -6.28. The molecule has 0 spiro atoms. The second-order valence-corrected chi connectivity index (χ2v) is 49.2. The molecule has 2 aliphatic rings. The fourth-order valence-corrected chi connectivity index (χ4v) is 48.9. The Morgan fingerprint density at radius 1 is 0.264 bits per heavy atom. The van der Waals surface area contributed by atoms with Crippen LogP contribution < -0.4 is 0 Å². The molecule has 0 radical (unpaired) electrons. The predicted molar refractivity (Wildman–Crippen MR) is 345 cm³/mol. The topological polar surface area (TPSA) is 259 Å². The van der Waals surface area contributed by atoms with Crippen molar-refractivity contribution in [2.75, 3.05) is 52.9 Å². The van der Waals surface area contributed by atoms with Crippen LogP contribution >= 0.6 is 46.9 Å². The number of hydrogen-bond donors (Lipinski definition) is 0. The van der Waals surface area contributed by atoms with Crippen molar-refractivity contribution in [1.29, 1.82) is 0 Å². The van der Waals surface area contributed by atoms with Crippen molar-refractivity contribution in [3.63, 3.8) is 0 Å². The third-order valence-electron chi connectivity index (χ3n) is 14.0. The first-order valence-electron chi connectivity index (χ1n) is 34.0. The number of phosphoric ester groups is 3. The van der Waals surface area contributed by atoms with Crippen molar-refractivity contribution < 1.29 is 90.8 Å². The molecule has 0 saturated carbocycles. The van der Waals surface area contributed by atoms with Crippen molar-refractivity contribution in [3.05, 3.63) is 0 Å². The first-order chi connectivity index (χ1) is 41.8. The van der Waals surface area contributed by atoms with Gasteiger partial charge in [0.05, 0.1) is 0 Å². The van der Waals surface area contributed by atoms with Crippen molar-refractivity contribution >= 4 is 87.0 Å². The Morgan fingerprint density at radius 3 is 0.701 bits per heavy atom. The Bertz CT molecular complexity index is 1830. The molecule has 0 N–H and O–H groups in total. The van der Waals surface area contributed by atoms with Gasteiger partial charge >= 0.3 is 501 Å². The fraction of sp³-hybridized carbons (Fsp3) is 1.00. The monoisotopic (exact) mass is 1590 g/mol. The minimum absolute atomic E-state index is 0.0614. The van der Waals surface area contributed by atoms with E-state index in [4.69, 9.17) is 63.4 Å². The molecule has 0 aromatic carbocycles. The SMILES string of the molecule is CCCCCCCCOP(=O)(OCCCCCCCC)OP1(=O)[O][Sn]([O]CCCC)([O]P(=O)(OP(=O)(OCCCCCCCC)OCCCCCCCC)[O][Sn]2([O]CCCC)[O]P(=O)(OP(=O)(OCCCCCCCC)OCCCCCCCC)[O]2)[O]1. The Morgan fingerprint density at radius 2 is 0.471 bits per heavy atom. The van der Waals surface area contributed by atoms with Gasteiger partial charge in [0.15, 0.2) is 0 Å². The average molecular weight is 1580 g/mol. The Kier molecular flexibility index (Phi) is 49.7. The zero-order chi connectivity index (χ0) is 64.0. The molecule has 520 valence electrons. The third-order valence-corrected chi connectivity index (χ3v) is 50.6. The molecule has 0 aliphatic carbocycles. The second-order valence-electron chi connectivity index (χ2n) is 22.5. The summed E-state index contributed by atoms with van der Waals surface area (Å²) in [6, 6.07) is 0. The number of hydrogen-bond acceptors (Lipinski definition) is 23. The molecule has 0 amide bonds. The van der Waals surface area contributed by atoms with E-state index in [0.29, 0.717) is 77.0 Å². The van der Waals surface area contributed by atoms with E-state index in [1.54, 1.807) is 0 Å². The molecule has 0 atom stereocenters. The van der Waals surface area contributed by atoms with Gasteiger partial charge < -0.3 is 0 Å². The van der Waals surface area contributed by atoms with E-state index in [1.165, 1.54) is 0 Å². The van der Waals surface area contributed by atoms with Gasteiger partial charge in [-0.25, -0.2) is 0 Å². The molecule has 31 heteroatoms. The normalized spacial score (nSPS) is 21.5. The van der Waals surface area contributed by atoms with Crippen molar-refractivity contribution in [1.82, 2.24) is 0 Å². The van der Waals surface area contributed by atoms with Crippen LogP contribution in [0.15, 0.2) is 0 Å². The van der Waals surface area contributed by atoms with Gasteiger partial charge in [0.2, 0.25) is 0 Å². The van der Waals surface area contributed by atoms with Crippen LogP contribution in [0.1, 0.15) is 312 Å². The Hall–Kier alpha value is 2.30. The standard InChI is InChI=1S/3C16H36O7P2.2C4H9O.2Sn/c3*1-3-5-7-9-11-13-15-21-25(20,23-24(17,18)19)22-16-14-12-10-8-6-4-2;2*1-2-3-4-5;;/h3*3-16H2,1-2H3,(H2,17,18,19);2*2-4H2,1H3;;/q;;;2*-1;2*+4/p-6. The third kappa shape index (κ3) is 39.9. The van der Waals surface area contributed by atoms with Crippen LogP contribution in [0.25, 0.3) is 0 Å². The van der Waals surface area contributed by atoms with Crippen molar-refractivity contribution in [3.8, 4) is 0 Å². The van der Waals surface area contributed by atoms with E-state index in [9.17, 15) is 18.3 Å². The van der Waals surface area contributed by atoms with Gasteiger partial charge in [-0.05, 0) is 0 Å². The van der Waals surface area contributed by atoms with Crippen LogP contribution in [0.5, 0.6) is 0 Å². The molecule has 0 unspecified atom stereocenters. The molecule has 2 fully saturated rings. The molecule has 2 saturated heterocycles. The summed E-state index contributed by atoms with van der Waals surface area (Å²) in [5, 5.41) is 0. The molecular weight excluding hydrogens is 1460 g/mol. The van der Waals surface area contributed by atoms with Gasteiger partial charge in [-0.2, -0.15) is 0 Å². The number of unbranched alkanes of at least 4 members (excludes halogenated alkanes) is 32.